The van der Waals surface area contributed by atoms with Crippen molar-refractivity contribution in [1.82, 2.24) is 10.9 Å². The first-order valence-corrected chi connectivity index (χ1v) is 8.92. The summed E-state index contributed by atoms with van der Waals surface area (Å²) in [6.45, 7) is 2.81. The molecule has 144 valence electrons. The number of imide groups is 1. The van der Waals surface area contributed by atoms with E-state index in [4.69, 9.17) is 9.47 Å². The summed E-state index contributed by atoms with van der Waals surface area (Å²) in [5, 5.41) is 0. The topological polar surface area (TPSA) is 97.0 Å². The molecule has 8 nitrogen and oxygen atoms in total. The zero-order valence-corrected chi connectivity index (χ0v) is 15.2. The number of ether oxygens (including phenoxy) is 2. The third-order valence-electron chi connectivity index (χ3n) is 4.60. The molecule has 0 aliphatic carbocycles. The number of nitrogens with one attached hydrogen (secondary N) is 2. The molecule has 0 aromatic heterocycles. The van der Waals surface area contributed by atoms with E-state index in [1.165, 1.54) is 0 Å². The van der Waals surface area contributed by atoms with E-state index in [0.29, 0.717) is 36.0 Å². The Bertz CT molecular complexity index is 941. The van der Waals surface area contributed by atoms with E-state index in [9.17, 15) is 14.4 Å². The minimum Gasteiger partial charge on any atom is -0.486 e. The molecule has 2 aliphatic rings. The average molecular weight is 381 g/mol. The van der Waals surface area contributed by atoms with Crippen LogP contribution in [0.2, 0.25) is 0 Å². The van der Waals surface area contributed by atoms with E-state index < -0.39 is 17.9 Å². The first-order valence-electron chi connectivity index (χ1n) is 8.92. The van der Waals surface area contributed by atoms with Gasteiger partial charge in [-0.15, -0.1) is 0 Å². The van der Waals surface area contributed by atoms with E-state index in [0.717, 1.165) is 10.5 Å². The quantitative estimate of drug-likeness (QED) is 0.613. The van der Waals surface area contributed by atoms with Crippen LogP contribution in [0.5, 0.6) is 11.5 Å². The van der Waals surface area contributed by atoms with Crippen molar-refractivity contribution in [2.45, 2.75) is 19.4 Å². The molecule has 4 rings (SSSR count). The second-order valence-corrected chi connectivity index (χ2v) is 6.62. The maximum atomic E-state index is 12.6. The maximum absolute atomic E-state index is 12.6. The van der Waals surface area contributed by atoms with Crippen LogP contribution in [-0.4, -0.2) is 37.0 Å². The van der Waals surface area contributed by atoms with Crippen LogP contribution in [0, 0.1) is 6.92 Å². The van der Waals surface area contributed by atoms with Gasteiger partial charge in [0.15, 0.2) is 11.5 Å². The van der Waals surface area contributed by atoms with Gasteiger partial charge in [0.25, 0.3) is 11.8 Å². The summed E-state index contributed by atoms with van der Waals surface area (Å²) in [7, 11) is 0. The summed E-state index contributed by atoms with van der Waals surface area (Å²) in [6.07, 6.45) is -0.0336. The van der Waals surface area contributed by atoms with Gasteiger partial charge in [0, 0.05) is 5.56 Å². The lowest BCUT2D eigenvalue weighted by Gasteiger charge is -2.19. The number of hydrazine groups is 1. The highest BCUT2D eigenvalue weighted by atomic mass is 16.6. The highest BCUT2D eigenvalue weighted by Gasteiger charge is 2.39. The Hall–Kier alpha value is -3.39. The number of hydrogen-bond donors (Lipinski definition) is 2. The molecular weight excluding hydrogens is 362 g/mol. The normalized spacial score (nSPS) is 18.3. The molecule has 28 heavy (non-hydrogen) atoms. The number of fused-ring (bicyclic) bond motifs is 1. The van der Waals surface area contributed by atoms with Gasteiger partial charge in [-0.05, 0) is 37.3 Å². The summed E-state index contributed by atoms with van der Waals surface area (Å²) in [5.41, 5.74) is 7.06. The van der Waals surface area contributed by atoms with E-state index in [1.54, 1.807) is 30.3 Å². The minimum atomic E-state index is -0.824. The highest BCUT2D eigenvalue weighted by molar-refractivity contribution is 6.22. The van der Waals surface area contributed by atoms with Gasteiger partial charge in [0.1, 0.15) is 19.3 Å². The van der Waals surface area contributed by atoms with E-state index in [-0.39, 0.29) is 12.3 Å². The van der Waals surface area contributed by atoms with Crippen molar-refractivity contribution in [1.29, 1.82) is 0 Å². The van der Waals surface area contributed by atoms with Gasteiger partial charge in [0.2, 0.25) is 5.91 Å². The maximum Gasteiger partial charge on any atom is 0.265 e. The zero-order chi connectivity index (χ0) is 19.7. The molecule has 2 aliphatic heterocycles. The van der Waals surface area contributed by atoms with Gasteiger partial charge in [0.05, 0.1) is 12.1 Å². The molecule has 2 aromatic rings. The second-order valence-electron chi connectivity index (χ2n) is 6.62. The number of anilines is 1. The van der Waals surface area contributed by atoms with Crippen molar-refractivity contribution in [3.05, 3.63) is 53.6 Å². The third kappa shape index (κ3) is 3.41. The number of nitrogens with zero attached hydrogens (tertiary/aromatic N) is 1. The SMILES string of the molecule is Cc1ccc(N2C(=O)CC(NNC(=O)c3ccc4c(c3)OCCO4)C2=O)cc1. The molecule has 0 bridgehead atoms. The Morgan fingerprint density at radius 2 is 1.75 bits per heavy atom. The summed E-state index contributed by atoms with van der Waals surface area (Å²) in [4.78, 5) is 38.4. The smallest absolute Gasteiger partial charge is 0.265 e. The molecular formula is C20H19N3O5. The number of carbonyl (C=O) groups is 3. The average Bonchev–Trinajstić information content (AvgIpc) is 3.00. The molecule has 0 saturated carbocycles. The number of amides is 3. The van der Waals surface area contributed by atoms with E-state index in [2.05, 4.69) is 10.9 Å². The van der Waals surface area contributed by atoms with Crippen molar-refractivity contribution in [3.63, 3.8) is 0 Å². The van der Waals surface area contributed by atoms with Crippen molar-refractivity contribution < 1.29 is 23.9 Å². The van der Waals surface area contributed by atoms with Gasteiger partial charge in [-0.2, -0.15) is 0 Å². The first kappa shape index (κ1) is 18.0. The second kappa shape index (κ2) is 7.32. The lowest BCUT2D eigenvalue weighted by molar-refractivity contribution is -0.121. The molecule has 2 aromatic carbocycles. The molecule has 1 unspecified atom stereocenters. The summed E-state index contributed by atoms with van der Waals surface area (Å²) in [6, 6.07) is 11.1. The van der Waals surface area contributed by atoms with Gasteiger partial charge >= 0.3 is 0 Å². The molecule has 0 radical (unpaired) electrons. The molecule has 1 fully saturated rings. The van der Waals surface area contributed by atoms with E-state index >= 15 is 0 Å². The lowest BCUT2D eigenvalue weighted by atomic mass is 10.2. The molecule has 1 atom stereocenters. The fraction of sp³-hybridized carbons (Fsp3) is 0.250. The van der Waals surface area contributed by atoms with Crippen molar-refractivity contribution in [3.8, 4) is 11.5 Å². The first-order chi connectivity index (χ1) is 13.5. The standard InChI is InChI=1S/C20H19N3O5/c1-12-2-5-14(6-3-12)23-18(24)11-15(20(23)26)21-22-19(25)13-4-7-16-17(10-13)28-9-8-27-16/h2-7,10,15,21H,8-9,11H2,1H3,(H,22,25). The van der Waals surface area contributed by atoms with E-state index in [1.807, 2.05) is 19.1 Å². The highest BCUT2D eigenvalue weighted by Crippen LogP contribution is 2.30. The number of aryl methyl sites for hydroxylation is 1. The molecule has 0 spiro atoms. The number of hydrogen-bond acceptors (Lipinski definition) is 6. The summed E-state index contributed by atoms with van der Waals surface area (Å²) in [5.74, 6) is -0.0834. The van der Waals surface area contributed by atoms with Crippen molar-refractivity contribution in [2.75, 3.05) is 18.1 Å². The van der Waals surface area contributed by atoms with Gasteiger partial charge in [-0.25, -0.2) is 10.3 Å². The molecule has 2 heterocycles. The summed E-state index contributed by atoms with van der Waals surface area (Å²) >= 11 is 0. The van der Waals surface area contributed by atoms with Crippen LogP contribution in [0.3, 0.4) is 0 Å². The molecule has 1 saturated heterocycles. The monoisotopic (exact) mass is 381 g/mol. The van der Waals surface area contributed by atoms with Crippen LogP contribution in [0.25, 0.3) is 0 Å². The van der Waals surface area contributed by atoms with Crippen LogP contribution < -0.4 is 25.2 Å². The van der Waals surface area contributed by atoms with Crippen molar-refractivity contribution in [2.24, 2.45) is 0 Å². The van der Waals surface area contributed by atoms with Crippen LogP contribution in [-0.2, 0) is 9.59 Å². The van der Waals surface area contributed by atoms with Crippen LogP contribution in [0.15, 0.2) is 42.5 Å². The predicted molar refractivity (Wildman–Crippen MR) is 100 cm³/mol. The summed E-state index contributed by atoms with van der Waals surface area (Å²) < 4.78 is 10.9. The fourth-order valence-electron chi connectivity index (χ4n) is 3.12. The zero-order valence-electron chi connectivity index (χ0n) is 15.2. The number of benzene rings is 2. The Morgan fingerprint density at radius 3 is 2.50 bits per heavy atom. The third-order valence-corrected chi connectivity index (χ3v) is 4.60. The largest absolute Gasteiger partial charge is 0.486 e. The van der Waals surface area contributed by atoms with Crippen molar-refractivity contribution >= 4 is 23.4 Å². The Labute approximate surface area is 161 Å². The number of rotatable bonds is 4. The van der Waals surface area contributed by atoms with Crippen LogP contribution in [0.4, 0.5) is 5.69 Å². The van der Waals surface area contributed by atoms with Gasteiger partial charge in [-0.1, -0.05) is 17.7 Å². The minimum absolute atomic E-state index is 0.0336. The Balaban J connectivity index is 1.41. The Morgan fingerprint density at radius 1 is 1.04 bits per heavy atom. The fourth-order valence-corrected chi connectivity index (χ4v) is 3.12. The predicted octanol–water partition coefficient (Wildman–Crippen LogP) is 1.33. The van der Waals surface area contributed by atoms with Crippen LogP contribution in [0.1, 0.15) is 22.3 Å². The Kier molecular flexibility index (Phi) is 4.70. The van der Waals surface area contributed by atoms with Crippen LogP contribution >= 0.6 is 0 Å². The van der Waals surface area contributed by atoms with Gasteiger partial charge in [-0.3, -0.25) is 19.8 Å². The molecule has 8 heteroatoms. The number of carbonyl (C=O) groups excluding carboxylic acids is 3. The molecule has 3 amide bonds. The molecule has 2 N–H and O–H groups in total. The van der Waals surface area contributed by atoms with Gasteiger partial charge < -0.3 is 9.47 Å². The lowest BCUT2D eigenvalue weighted by Crippen LogP contribution is -2.48.